The Morgan fingerprint density at radius 1 is 1.40 bits per heavy atom. The van der Waals surface area contributed by atoms with Crippen molar-refractivity contribution in [1.82, 2.24) is 20.5 Å². The van der Waals surface area contributed by atoms with Crippen LogP contribution in [0.2, 0.25) is 0 Å². The second-order valence-corrected chi connectivity index (χ2v) is 5.36. The summed E-state index contributed by atoms with van der Waals surface area (Å²) in [7, 11) is 0. The Balaban J connectivity index is 1.89. The molecule has 1 atom stereocenters. The van der Waals surface area contributed by atoms with Crippen LogP contribution >= 0.6 is 11.8 Å². The zero-order chi connectivity index (χ0) is 14.2. The number of amides is 1. The van der Waals surface area contributed by atoms with E-state index in [4.69, 9.17) is 0 Å². The average Bonchev–Trinajstić information content (AvgIpc) is 2.99. The van der Waals surface area contributed by atoms with Crippen LogP contribution in [0.1, 0.15) is 31.4 Å². The summed E-state index contributed by atoms with van der Waals surface area (Å²) >= 11 is 1.35. The van der Waals surface area contributed by atoms with Crippen molar-refractivity contribution >= 4 is 17.7 Å². The van der Waals surface area contributed by atoms with Gasteiger partial charge in [-0.2, -0.15) is 5.10 Å². The van der Waals surface area contributed by atoms with Crippen molar-refractivity contribution < 1.29 is 4.79 Å². The molecule has 0 saturated heterocycles. The summed E-state index contributed by atoms with van der Waals surface area (Å²) in [6, 6.07) is 10.1. The molecule has 1 heterocycles. The van der Waals surface area contributed by atoms with Gasteiger partial charge < -0.3 is 5.32 Å². The van der Waals surface area contributed by atoms with Crippen molar-refractivity contribution in [3.63, 3.8) is 0 Å². The number of carbonyl (C=O) groups excluding carboxylic acids is 1. The van der Waals surface area contributed by atoms with Crippen LogP contribution in [0.4, 0.5) is 0 Å². The van der Waals surface area contributed by atoms with E-state index in [1.54, 1.807) is 0 Å². The lowest BCUT2D eigenvalue weighted by atomic mass is 10.0. The van der Waals surface area contributed by atoms with E-state index in [0.717, 1.165) is 18.4 Å². The highest BCUT2D eigenvalue weighted by molar-refractivity contribution is 7.99. The van der Waals surface area contributed by atoms with E-state index in [9.17, 15) is 4.79 Å². The predicted molar refractivity (Wildman–Crippen MR) is 79.3 cm³/mol. The van der Waals surface area contributed by atoms with Crippen molar-refractivity contribution in [3.8, 4) is 0 Å². The molecule has 0 aliphatic rings. The Labute approximate surface area is 122 Å². The first-order valence-electron chi connectivity index (χ1n) is 6.62. The fraction of sp³-hybridized carbons (Fsp3) is 0.357. The molecule has 2 rings (SSSR count). The number of benzene rings is 1. The quantitative estimate of drug-likeness (QED) is 0.769. The molecule has 1 aromatic carbocycles. The summed E-state index contributed by atoms with van der Waals surface area (Å²) in [5.41, 5.74) is 1.15. The number of thioether (sulfide) groups is 1. The molecular formula is C14H18N4OS. The average molecular weight is 290 g/mol. The maximum Gasteiger partial charge on any atom is 0.230 e. The van der Waals surface area contributed by atoms with Crippen LogP contribution in [0.15, 0.2) is 41.8 Å². The van der Waals surface area contributed by atoms with Crippen LogP contribution in [0.5, 0.6) is 0 Å². The predicted octanol–water partition coefficient (Wildman–Crippen LogP) is 2.55. The van der Waals surface area contributed by atoms with Gasteiger partial charge >= 0.3 is 0 Å². The Morgan fingerprint density at radius 2 is 2.20 bits per heavy atom. The molecule has 6 heteroatoms. The highest BCUT2D eigenvalue weighted by atomic mass is 32.2. The molecule has 106 valence electrons. The molecule has 2 aromatic rings. The van der Waals surface area contributed by atoms with Gasteiger partial charge in [0.25, 0.3) is 0 Å². The third-order valence-corrected chi connectivity index (χ3v) is 3.72. The summed E-state index contributed by atoms with van der Waals surface area (Å²) in [5, 5.41) is 10.2. The van der Waals surface area contributed by atoms with Crippen LogP contribution < -0.4 is 5.32 Å². The van der Waals surface area contributed by atoms with Gasteiger partial charge in [0.2, 0.25) is 5.91 Å². The van der Waals surface area contributed by atoms with E-state index in [1.165, 1.54) is 18.1 Å². The SMILES string of the molecule is CCC[C@@H](NC(=O)CSc1ncn[nH]1)c1ccccc1. The second kappa shape index (κ2) is 7.69. The normalized spacial score (nSPS) is 12.1. The highest BCUT2D eigenvalue weighted by Gasteiger charge is 2.14. The Bertz CT molecular complexity index is 515. The number of aromatic amines is 1. The molecule has 0 spiro atoms. The Morgan fingerprint density at radius 3 is 2.85 bits per heavy atom. The lowest BCUT2D eigenvalue weighted by Crippen LogP contribution is -2.29. The summed E-state index contributed by atoms with van der Waals surface area (Å²) in [4.78, 5) is 16.0. The lowest BCUT2D eigenvalue weighted by molar-refractivity contribution is -0.119. The Hall–Kier alpha value is -1.82. The molecule has 20 heavy (non-hydrogen) atoms. The van der Waals surface area contributed by atoms with E-state index in [0.29, 0.717) is 10.9 Å². The van der Waals surface area contributed by atoms with Crippen LogP contribution in [-0.4, -0.2) is 26.8 Å². The van der Waals surface area contributed by atoms with Gasteiger partial charge in [-0.1, -0.05) is 55.4 Å². The van der Waals surface area contributed by atoms with Gasteiger partial charge in [-0.05, 0) is 12.0 Å². The number of nitrogens with zero attached hydrogens (tertiary/aromatic N) is 2. The largest absolute Gasteiger partial charge is 0.349 e. The van der Waals surface area contributed by atoms with E-state index in [1.807, 2.05) is 30.3 Å². The lowest BCUT2D eigenvalue weighted by Gasteiger charge is -2.18. The fourth-order valence-corrected chi connectivity index (χ4v) is 2.52. The summed E-state index contributed by atoms with van der Waals surface area (Å²) < 4.78 is 0. The fourth-order valence-electron chi connectivity index (χ4n) is 1.93. The van der Waals surface area contributed by atoms with Crippen molar-refractivity contribution in [2.45, 2.75) is 31.0 Å². The van der Waals surface area contributed by atoms with Crippen LogP contribution in [0, 0.1) is 0 Å². The first kappa shape index (κ1) is 14.6. The Kier molecular flexibility index (Phi) is 5.61. The van der Waals surface area contributed by atoms with E-state index < -0.39 is 0 Å². The maximum atomic E-state index is 12.0. The molecule has 0 radical (unpaired) electrons. The molecule has 0 aliphatic heterocycles. The van der Waals surface area contributed by atoms with Gasteiger partial charge in [0.15, 0.2) is 5.16 Å². The third-order valence-electron chi connectivity index (χ3n) is 2.85. The van der Waals surface area contributed by atoms with Gasteiger partial charge in [-0.3, -0.25) is 9.89 Å². The third kappa shape index (κ3) is 4.38. The van der Waals surface area contributed by atoms with Crippen LogP contribution in [-0.2, 0) is 4.79 Å². The topological polar surface area (TPSA) is 70.7 Å². The zero-order valence-corrected chi connectivity index (χ0v) is 12.2. The van der Waals surface area contributed by atoms with Crippen LogP contribution in [0.3, 0.4) is 0 Å². The second-order valence-electron chi connectivity index (χ2n) is 4.40. The summed E-state index contributed by atoms with van der Waals surface area (Å²) in [6.07, 6.45) is 3.39. The monoisotopic (exact) mass is 290 g/mol. The number of hydrogen-bond acceptors (Lipinski definition) is 4. The molecule has 1 amide bonds. The minimum Gasteiger partial charge on any atom is -0.349 e. The van der Waals surface area contributed by atoms with Crippen molar-refractivity contribution in [2.24, 2.45) is 0 Å². The zero-order valence-electron chi connectivity index (χ0n) is 11.4. The molecular weight excluding hydrogens is 272 g/mol. The molecule has 2 N–H and O–H groups in total. The number of rotatable bonds is 7. The van der Waals surface area contributed by atoms with E-state index in [-0.39, 0.29) is 11.9 Å². The highest BCUT2D eigenvalue weighted by Crippen LogP contribution is 2.19. The summed E-state index contributed by atoms with van der Waals surface area (Å²) in [6.45, 7) is 2.12. The van der Waals surface area contributed by atoms with Crippen molar-refractivity contribution in [3.05, 3.63) is 42.2 Å². The van der Waals surface area contributed by atoms with Gasteiger partial charge in [-0.15, -0.1) is 0 Å². The maximum absolute atomic E-state index is 12.0. The number of aromatic nitrogens is 3. The minimum absolute atomic E-state index is 0.00806. The molecule has 0 aliphatic carbocycles. The number of carbonyl (C=O) groups is 1. The van der Waals surface area contributed by atoms with E-state index in [2.05, 4.69) is 27.4 Å². The van der Waals surface area contributed by atoms with Crippen molar-refractivity contribution in [2.75, 3.05) is 5.75 Å². The number of nitrogens with one attached hydrogen (secondary N) is 2. The van der Waals surface area contributed by atoms with Gasteiger partial charge in [-0.25, -0.2) is 4.98 Å². The molecule has 0 fully saturated rings. The standard InChI is InChI=1S/C14H18N4OS/c1-2-6-12(11-7-4-3-5-8-11)17-13(19)9-20-14-15-10-16-18-14/h3-5,7-8,10,12H,2,6,9H2,1H3,(H,17,19)(H,15,16,18)/t12-/m1/s1. The summed E-state index contributed by atoms with van der Waals surface area (Å²) in [5.74, 6) is 0.344. The molecule has 5 nitrogen and oxygen atoms in total. The minimum atomic E-state index is 0.00806. The number of H-pyrrole nitrogens is 1. The van der Waals surface area contributed by atoms with Crippen LogP contribution in [0.25, 0.3) is 0 Å². The van der Waals surface area contributed by atoms with Gasteiger partial charge in [0.1, 0.15) is 6.33 Å². The van der Waals surface area contributed by atoms with Gasteiger partial charge in [0, 0.05) is 0 Å². The van der Waals surface area contributed by atoms with Crippen molar-refractivity contribution in [1.29, 1.82) is 0 Å². The van der Waals surface area contributed by atoms with E-state index >= 15 is 0 Å². The smallest absolute Gasteiger partial charge is 0.230 e. The molecule has 1 aromatic heterocycles. The molecule has 0 saturated carbocycles. The number of hydrogen-bond donors (Lipinski definition) is 2. The molecule has 0 unspecified atom stereocenters. The first-order valence-corrected chi connectivity index (χ1v) is 7.60. The first-order chi connectivity index (χ1) is 9.79. The van der Waals surface area contributed by atoms with Gasteiger partial charge in [0.05, 0.1) is 11.8 Å². The molecule has 0 bridgehead atoms.